The Bertz CT molecular complexity index is 1000. The highest BCUT2D eigenvalue weighted by molar-refractivity contribution is 5.88. The van der Waals surface area contributed by atoms with Gasteiger partial charge in [-0.25, -0.2) is 9.37 Å². The van der Waals surface area contributed by atoms with Crippen molar-refractivity contribution in [3.8, 4) is 11.1 Å². The normalized spacial score (nSPS) is 21.4. The molecule has 2 fully saturated rings. The number of ether oxygens (including phenoxy) is 1. The average molecular weight is 366 g/mol. The first kappa shape index (κ1) is 16.4. The summed E-state index contributed by atoms with van der Waals surface area (Å²) in [4.78, 5) is 22.5. The van der Waals surface area contributed by atoms with Crippen LogP contribution in [-0.2, 0) is 9.53 Å². The summed E-state index contributed by atoms with van der Waals surface area (Å²) in [6.07, 6.45) is 7.60. The molecule has 7 heteroatoms. The lowest BCUT2D eigenvalue weighted by Gasteiger charge is -2.33. The highest BCUT2D eigenvalue weighted by Crippen LogP contribution is 2.42. The lowest BCUT2D eigenvalue weighted by Crippen LogP contribution is -2.46. The summed E-state index contributed by atoms with van der Waals surface area (Å²) in [6, 6.07) is 7.94. The molecule has 0 N–H and O–H groups in total. The van der Waals surface area contributed by atoms with Crippen LogP contribution in [0.3, 0.4) is 0 Å². The zero-order chi connectivity index (χ0) is 18.4. The highest BCUT2D eigenvalue weighted by Gasteiger charge is 2.53. The summed E-state index contributed by atoms with van der Waals surface area (Å²) in [5.74, 6) is -0.403. The fraction of sp³-hybridized carbons (Fsp3) is 0.350. The molecule has 27 heavy (non-hydrogen) atoms. The molecule has 4 heterocycles. The van der Waals surface area contributed by atoms with E-state index >= 15 is 0 Å². The van der Waals surface area contributed by atoms with Crippen molar-refractivity contribution in [2.45, 2.75) is 24.6 Å². The molecule has 0 radical (unpaired) electrons. The lowest BCUT2D eigenvalue weighted by molar-refractivity contribution is -0.146. The Balaban J connectivity index is 1.42. The Labute approximate surface area is 155 Å². The van der Waals surface area contributed by atoms with Gasteiger partial charge in [0.1, 0.15) is 6.10 Å². The first-order valence-electron chi connectivity index (χ1n) is 9.11. The molecule has 5 rings (SSSR count). The van der Waals surface area contributed by atoms with Gasteiger partial charge in [0, 0.05) is 25.1 Å². The number of hydrogen-bond donors (Lipinski definition) is 0. The Morgan fingerprint density at radius 3 is 2.78 bits per heavy atom. The van der Waals surface area contributed by atoms with Crippen molar-refractivity contribution in [3.63, 3.8) is 0 Å². The van der Waals surface area contributed by atoms with E-state index < -0.39 is 11.6 Å². The van der Waals surface area contributed by atoms with Gasteiger partial charge in [0.25, 0.3) is 5.91 Å². The van der Waals surface area contributed by atoms with E-state index in [4.69, 9.17) is 4.74 Å². The number of fused-ring (bicyclic) bond motifs is 1. The predicted octanol–water partition coefficient (Wildman–Crippen LogP) is 2.80. The molecule has 1 saturated heterocycles. The zero-order valence-corrected chi connectivity index (χ0v) is 14.7. The minimum atomic E-state index is -1.64. The number of halogens is 1. The van der Waals surface area contributed by atoms with Crippen LogP contribution in [-0.4, -0.2) is 50.5 Å². The van der Waals surface area contributed by atoms with Gasteiger partial charge in [0.2, 0.25) is 0 Å². The predicted molar refractivity (Wildman–Crippen MR) is 96.8 cm³/mol. The monoisotopic (exact) mass is 366 g/mol. The second kappa shape index (κ2) is 6.13. The van der Waals surface area contributed by atoms with Crippen molar-refractivity contribution in [1.82, 2.24) is 19.3 Å². The second-order valence-corrected chi connectivity index (χ2v) is 7.15. The van der Waals surface area contributed by atoms with Crippen LogP contribution in [0.15, 0.2) is 49.2 Å². The molecule has 2 aliphatic rings. The number of imidazole rings is 1. The molecular weight excluding hydrogens is 347 g/mol. The van der Waals surface area contributed by atoms with Gasteiger partial charge in [-0.1, -0.05) is 6.07 Å². The van der Waals surface area contributed by atoms with Crippen molar-refractivity contribution in [2.24, 2.45) is 0 Å². The van der Waals surface area contributed by atoms with Crippen LogP contribution in [0.5, 0.6) is 0 Å². The van der Waals surface area contributed by atoms with Gasteiger partial charge < -0.3 is 14.0 Å². The molecule has 1 unspecified atom stereocenters. The summed E-state index contributed by atoms with van der Waals surface area (Å²) >= 11 is 0. The van der Waals surface area contributed by atoms with E-state index in [9.17, 15) is 9.18 Å². The summed E-state index contributed by atoms with van der Waals surface area (Å²) in [6.45, 7) is 1.16. The third kappa shape index (κ3) is 2.88. The number of aromatic nitrogens is 3. The molecule has 0 bridgehead atoms. The van der Waals surface area contributed by atoms with E-state index in [1.807, 2.05) is 34.9 Å². The van der Waals surface area contributed by atoms with E-state index in [-0.39, 0.29) is 6.10 Å². The number of pyridine rings is 2. The fourth-order valence-electron chi connectivity index (χ4n) is 3.59. The Morgan fingerprint density at radius 2 is 2.00 bits per heavy atom. The quantitative estimate of drug-likeness (QED) is 0.715. The fourth-order valence-corrected chi connectivity index (χ4v) is 3.59. The Kier molecular flexibility index (Phi) is 3.72. The van der Waals surface area contributed by atoms with Gasteiger partial charge in [-0.15, -0.1) is 0 Å². The Hall–Kier alpha value is -2.80. The molecule has 6 nitrogen and oxygen atoms in total. The van der Waals surface area contributed by atoms with E-state index in [2.05, 4.69) is 9.97 Å². The smallest absolute Gasteiger partial charge is 0.260 e. The molecule has 3 aromatic heterocycles. The van der Waals surface area contributed by atoms with Crippen molar-refractivity contribution in [1.29, 1.82) is 0 Å². The Morgan fingerprint density at radius 1 is 1.19 bits per heavy atom. The first-order chi connectivity index (χ1) is 13.1. The zero-order valence-electron chi connectivity index (χ0n) is 14.7. The highest BCUT2D eigenvalue weighted by atomic mass is 19.1. The second-order valence-electron chi connectivity index (χ2n) is 7.15. The summed E-state index contributed by atoms with van der Waals surface area (Å²) in [5, 5.41) is 0. The van der Waals surface area contributed by atoms with Gasteiger partial charge in [0.15, 0.2) is 5.67 Å². The molecular formula is C20H19FN4O2. The number of morpholine rings is 1. The van der Waals surface area contributed by atoms with E-state index in [0.717, 1.165) is 22.3 Å². The number of alkyl halides is 1. The van der Waals surface area contributed by atoms with Gasteiger partial charge >= 0.3 is 0 Å². The third-order valence-corrected chi connectivity index (χ3v) is 5.31. The van der Waals surface area contributed by atoms with Crippen molar-refractivity contribution in [3.05, 3.63) is 54.9 Å². The molecule has 1 saturated carbocycles. The maximum Gasteiger partial charge on any atom is 0.260 e. The number of nitrogens with zero attached hydrogens (tertiary/aromatic N) is 4. The van der Waals surface area contributed by atoms with Crippen molar-refractivity contribution < 1.29 is 13.9 Å². The molecule has 0 spiro atoms. The molecule has 138 valence electrons. The van der Waals surface area contributed by atoms with Gasteiger partial charge in [-0.05, 0) is 42.2 Å². The van der Waals surface area contributed by atoms with E-state index in [1.165, 1.54) is 0 Å². The van der Waals surface area contributed by atoms with Gasteiger partial charge in [-0.3, -0.25) is 9.78 Å². The maximum atomic E-state index is 14.2. The van der Waals surface area contributed by atoms with Crippen LogP contribution >= 0.6 is 0 Å². The lowest BCUT2D eigenvalue weighted by atomic mass is 10.1. The summed E-state index contributed by atoms with van der Waals surface area (Å²) in [5.41, 5.74) is 2.19. The molecule has 3 aromatic rings. The number of hydrogen-bond acceptors (Lipinski definition) is 4. The van der Waals surface area contributed by atoms with Crippen molar-refractivity contribution in [2.75, 3.05) is 19.7 Å². The molecule has 1 atom stereocenters. The van der Waals surface area contributed by atoms with E-state index in [1.54, 1.807) is 23.6 Å². The number of rotatable bonds is 3. The van der Waals surface area contributed by atoms with Crippen LogP contribution in [0.2, 0.25) is 0 Å². The number of carbonyl (C=O) groups is 1. The largest absolute Gasteiger partial charge is 0.368 e. The van der Waals surface area contributed by atoms with Crippen LogP contribution in [0.4, 0.5) is 4.39 Å². The van der Waals surface area contributed by atoms with Crippen LogP contribution in [0.25, 0.3) is 16.6 Å². The van der Waals surface area contributed by atoms with Crippen molar-refractivity contribution >= 4 is 11.4 Å². The summed E-state index contributed by atoms with van der Waals surface area (Å²) < 4.78 is 22.0. The van der Waals surface area contributed by atoms with Crippen LogP contribution in [0, 0.1) is 0 Å². The molecule has 1 amide bonds. The minimum absolute atomic E-state index is 0.332. The molecule has 1 aliphatic heterocycles. The molecule has 0 aromatic carbocycles. The summed E-state index contributed by atoms with van der Waals surface area (Å²) in [7, 11) is 0. The number of amides is 1. The third-order valence-electron chi connectivity index (χ3n) is 5.31. The average Bonchev–Trinajstić information content (AvgIpc) is 3.33. The molecule has 1 aliphatic carbocycles. The van der Waals surface area contributed by atoms with Gasteiger partial charge in [0.05, 0.1) is 30.7 Å². The van der Waals surface area contributed by atoms with Crippen LogP contribution < -0.4 is 0 Å². The standard InChI is InChI=1S/C20H19FN4O2/c21-20(5-6-20)19(26)24-9-10-27-17(12-24)18-16-2-1-15(11-25(16)13-23-18)14-3-7-22-8-4-14/h1-4,7-8,11,13,17H,5-6,9-10,12H2. The SMILES string of the molecule is O=C(N1CCOC(c2ncn3cc(-c4ccncc4)ccc23)C1)C1(F)CC1. The maximum absolute atomic E-state index is 14.2. The van der Waals surface area contributed by atoms with E-state index in [0.29, 0.717) is 32.5 Å². The topological polar surface area (TPSA) is 59.7 Å². The van der Waals surface area contributed by atoms with Crippen LogP contribution in [0.1, 0.15) is 24.6 Å². The minimum Gasteiger partial charge on any atom is -0.368 e. The van der Waals surface area contributed by atoms with Gasteiger partial charge in [-0.2, -0.15) is 0 Å². The first-order valence-corrected chi connectivity index (χ1v) is 9.11. The number of carbonyl (C=O) groups excluding carboxylic acids is 1.